The van der Waals surface area contributed by atoms with Gasteiger partial charge in [-0.2, -0.15) is 0 Å². The van der Waals surface area contributed by atoms with E-state index in [4.69, 9.17) is 11.7 Å². The highest BCUT2D eigenvalue weighted by Gasteiger charge is 2.07. The van der Waals surface area contributed by atoms with Gasteiger partial charge in [0.2, 0.25) is 0 Å². The molecule has 0 spiro atoms. The van der Waals surface area contributed by atoms with Gasteiger partial charge in [-0.05, 0) is 11.6 Å². The first-order valence-electron chi connectivity index (χ1n) is 4.40. The van der Waals surface area contributed by atoms with Crippen LogP contribution in [0, 0.1) is 6.57 Å². The number of H-pyrrole nitrogens is 1. The number of aromatic nitrogens is 1. The summed E-state index contributed by atoms with van der Waals surface area (Å²) < 4.78 is 0. The molecule has 74 valence electrons. The van der Waals surface area contributed by atoms with Crippen LogP contribution in [0.1, 0.15) is 5.56 Å². The van der Waals surface area contributed by atoms with Crippen LogP contribution >= 0.6 is 0 Å². The van der Waals surface area contributed by atoms with Crippen molar-refractivity contribution in [3.63, 3.8) is 0 Å². The Hall–Kier alpha value is -2.28. The molecule has 0 aliphatic heterocycles. The van der Waals surface area contributed by atoms with Crippen molar-refractivity contribution in [3.05, 3.63) is 41.4 Å². The number of hydrogen-bond acceptors (Lipinski definition) is 1. The van der Waals surface area contributed by atoms with Gasteiger partial charge in [0, 0.05) is 17.1 Å². The van der Waals surface area contributed by atoms with Gasteiger partial charge in [0.25, 0.3) is 0 Å². The number of hydrogen-bond donors (Lipinski definition) is 2. The van der Waals surface area contributed by atoms with Gasteiger partial charge in [0.05, 0.1) is 13.0 Å². The van der Waals surface area contributed by atoms with Crippen LogP contribution in [0.5, 0.6) is 0 Å². The Kier molecular flexibility index (Phi) is 2.14. The first-order valence-corrected chi connectivity index (χ1v) is 4.40. The van der Waals surface area contributed by atoms with Crippen LogP contribution in [0.25, 0.3) is 15.7 Å². The third-order valence-corrected chi connectivity index (χ3v) is 2.22. The lowest BCUT2D eigenvalue weighted by atomic mass is 10.1. The molecule has 0 atom stereocenters. The van der Waals surface area contributed by atoms with Gasteiger partial charge in [0.15, 0.2) is 5.69 Å². The number of benzene rings is 1. The summed E-state index contributed by atoms with van der Waals surface area (Å²) in [7, 11) is 0. The molecule has 1 aromatic carbocycles. The van der Waals surface area contributed by atoms with Crippen LogP contribution < -0.4 is 0 Å². The summed E-state index contributed by atoms with van der Waals surface area (Å²) >= 11 is 0. The lowest BCUT2D eigenvalue weighted by molar-refractivity contribution is -0.136. The van der Waals surface area contributed by atoms with E-state index in [0.717, 1.165) is 16.5 Å². The van der Waals surface area contributed by atoms with Crippen molar-refractivity contribution in [1.82, 2.24) is 4.98 Å². The van der Waals surface area contributed by atoms with Gasteiger partial charge < -0.3 is 10.1 Å². The number of fused-ring (bicyclic) bond motifs is 1. The van der Waals surface area contributed by atoms with Crippen LogP contribution in [-0.4, -0.2) is 16.1 Å². The van der Waals surface area contributed by atoms with Crippen molar-refractivity contribution in [2.24, 2.45) is 0 Å². The van der Waals surface area contributed by atoms with Gasteiger partial charge in [-0.1, -0.05) is 12.1 Å². The molecule has 4 heteroatoms. The average molecular weight is 200 g/mol. The smallest absolute Gasteiger partial charge is 0.307 e. The highest BCUT2D eigenvalue weighted by molar-refractivity contribution is 5.89. The third-order valence-electron chi connectivity index (χ3n) is 2.22. The summed E-state index contributed by atoms with van der Waals surface area (Å²) in [6.45, 7) is 6.86. The zero-order valence-electron chi connectivity index (χ0n) is 7.82. The van der Waals surface area contributed by atoms with E-state index in [1.165, 1.54) is 0 Å². The van der Waals surface area contributed by atoms with E-state index in [-0.39, 0.29) is 6.42 Å². The Labute approximate surface area is 86.0 Å². The van der Waals surface area contributed by atoms with Crippen molar-refractivity contribution in [1.29, 1.82) is 0 Å². The molecule has 1 aromatic heterocycles. The number of carboxylic acid groups (broad SMARTS) is 1. The van der Waals surface area contributed by atoms with E-state index < -0.39 is 5.97 Å². The molecular formula is C11H8N2O2. The molecule has 0 fully saturated rings. The van der Waals surface area contributed by atoms with Gasteiger partial charge in [0.1, 0.15) is 0 Å². The number of rotatable bonds is 2. The SMILES string of the molecule is [C-]#[N+]c1ccc2c(CC(=O)O)c[nH]c2c1. The normalized spacial score (nSPS) is 10.1. The number of carbonyl (C=O) groups is 1. The fraction of sp³-hybridized carbons (Fsp3) is 0.0909. The van der Waals surface area contributed by atoms with E-state index in [1.807, 2.05) is 0 Å². The minimum absolute atomic E-state index is 0.00261. The fourth-order valence-corrected chi connectivity index (χ4v) is 1.55. The summed E-state index contributed by atoms with van der Waals surface area (Å²) in [5, 5.41) is 9.55. The van der Waals surface area contributed by atoms with E-state index in [0.29, 0.717) is 5.69 Å². The van der Waals surface area contributed by atoms with Gasteiger partial charge >= 0.3 is 5.97 Å². The number of aliphatic carboxylic acids is 1. The molecule has 0 aliphatic rings. The van der Waals surface area contributed by atoms with Gasteiger partial charge in [-0.3, -0.25) is 4.79 Å². The quantitative estimate of drug-likeness (QED) is 0.731. The molecule has 0 aliphatic carbocycles. The summed E-state index contributed by atoms with van der Waals surface area (Å²) in [6.07, 6.45) is 1.67. The monoisotopic (exact) mass is 200 g/mol. The van der Waals surface area contributed by atoms with Crippen molar-refractivity contribution >= 4 is 22.6 Å². The van der Waals surface area contributed by atoms with Crippen molar-refractivity contribution in [3.8, 4) is 0 Å². The molecule has 2 aromatic rings. The first-order chi connectivity index (χ1) is 7.20. The molecule has 0 saturated carbocycles. The topological polar surface area (TPSA) is 57.4 Å². The Morgan fingerprint density at radius 2 is 2.33 bits per heavy atom. The highest BCUT2D eigenvalue weighted by Crippen LogP contribution is 2.23. The molecule has 0 amide bonds. The van der Waals surface area contributed by atoms with Crippen LogP contribution in [0.2, 0.25) is 0 Å². The summed E-state index contributed by atoms with van der Waals surface area (Å²) in [4.78, 5) is 16.8. The highest BCUT2D eigenvalue weighted by atomic mass is 16.4. The minimum atomic E-state index is -0.856. The maximum absolute atomic E-state index is 10.6. The van der Waals surface area contributed by atoms with Crippen molar-refractivity contribution < 1.29 is 9.90 Å². The lowest BCUT2D eigenvalue weighted by Gasteiger charge is -1.94. The number of nitrogens with zero attached hydrogens (tertiary/aromatic N) is 1. The fourth-order valence-electron chi connectivity index (χ4n) is 1.55. The number of aromatic amines is 1. The zero-order valence-corrected chi connectivity index (χ0v) is 7.82. The second-order valence-electron chi connectivity index (χ2n) is 3.23. The average Bonchev–Trinajstić information content (AvgIpc) is 2.60. The first kappa shape index (κ1) is 9.28. The minimum Gasteiger partial charge on any atom is -0.481 e. The van der Waals surface area contributed by atoms with E-state index in [1.54, 1.807) is 24.4 Å². The van der Waals surface area contributed by atoms with E-state index in [2.05, 4.69) is 9.83 Å². The molecule has 0 radical (unpaired) electrons. The standard InChI is InChI=1S/C11H8N2O2/c1-12-8-2-3-9-7(4-11(14)15)6-13-10(9)5-8/h2-3,5-6,13H,4H2,(H,14,15). The van der Waals surface area contributed by atoms with Crippen LogP contribution in [0.3, 0.4) is 0 Å². The molecule has 0 bridgehead atoms. The molecule has 2 rings (SSSR count). The summed E-state index contributed by atoms with van der Waals surface area (Å²) in [5.41, 5.74) is 2.10. The maximum Gasteiger partial charge on any atom is 0.307 e. The molecule has 15 heavy (non-hydrogen) atoms. The largest absolute Gasteiger partial charge is 0.481 e. The molecule has 2 N–H and O–H groups in total. The Morgan fingerprint density at radius 1 is 1.53 bits per heavy atom. The Bertz CT molecular complexity index is 563. The van der Waals surface area contributed by atoms with Gasteiger partial charge in [-0.15, -0.1) is 0 Å². The van der Waals surface area contributed by atoms with Crippen molar-refractivity contribution in [2.45, 2.75) is 6.42 Å². The predicted octanol–water partition coefficient (Wildman–Crippen LogP) is 2.35. The summed E-state index contributed by atoms with van der Waals surface area (Å²) in [6, 6.07) is 5.18. The Balaban J connectivity index is 2.53. The molecular weight excluding hydrogens is 192 g/mol. The molecule has 4 nitrogen and oxygen atoms in total. The molecule has 0 unspecified atom stereocenters. The van der Waals surface area contributed by atoms with Crippen LogP contribution in [0.15, 0.2) is 24.4 Å². The van der Waals surface area contributed by atoms with Crippen LogP contribution in [-0.2, 0) is 11.2 Å². The van der Waals surface area contributed by atoms with Crippen molar-refractivity contribution in [2.75, 3.05) is 0 Å². The number of nitrogens with one attached hydrogen (secondary N) is 1. The maximum atomic E-state index is 10.6. The second kappa shape index (κ2) is 3.46. The van der Waals surface area contributed by atoms with Gasteiger partial charge in [-0.25, -0.2) is 4.85 Å². The molecule has 0 saturated heterocycles. The second-order valence-corrected chi connectivity index (χ2v) is 3.23. The summed E-state index contributed by atoms with van der Waals surface area (Å²) in [5.74, 6) is -0.856. The lowest BCUT2D eigenvalue weighted by Crippen LogP contribution is -1.98. The van der Waals surface area contributed by atoms with E-state index in [9.17, 15) is 4.79 Å². The number of carboxylic acids is 1. The van der Waals surface area contributed by atoms with E-state index >= 15 is 0 Å². The van der Waals surface area contributed by atoms with Crippen LogP contribution in [0.4, 0.5) is 5.69 Å². The molecule has 1 heterocycles. The Morgan fingerprint density at radius 3 is 3.00 bits per heavy atom. The third kappa shape index (κ3) is 1.67. The predicted molar refractivity (Wildman–Crippen MR) is 55.9 cm³/mol. The zero-order chi connectivity index (χ0) is 10.8.